The molecular weight excluding hydrogens is 132 g/mol. The Morgan fingerprint density at radius 1 is 1.80 bits per heavy atom. The van der Waals surface area contributed by atoms with Gasteiger partial charge in [-0.05, 0) is 0 Å². The summed E-state index contributed by atoms with van der Waals surface area (Å²) in [6.07, 6.45) is 2.98. The van der Waals surface area contributed by atoms with Gasteiger partial charge < -0.3 is 5.11 Å². The normalized spacial score (nSPS) is 8.00. The number of hydrogen-bond acceptors (Lipinski definition) is 2. The summed E-state index contributed by atoms with van der Waals surface area (Å²) in [6, 6.07) is 0. The molecule has 1 heterocycles. The van der Waals surface area contributed by atoms with Crippen molar-refractivity contribution in [1.29, 1.82) is 0 Å². The van der Waals surface area contributed by atoms with E-state index in [2.05, 4.69) is 16.1 Å². The zero-order valence-electron chi connectivity index (χ0n) is 4.96. The van der Waals surface area contributed by atoms with Gasteiger partial charge in [0, 0.05) is 12.1 Å². The van der Waals surface area contributed by atoms with E-state index in [0.29, 0.717) is 5.56 Å². The lowest BCUT2D eigenvalue weighted by Gasteiger charge is -1.71. The van der Waals surface area contributed by atoms with Gasteiger partial charge in [-0.15, -0.1) is 0 Å². The first-order chi connectivity index (χ1) is 4.79. The van der Waals surface area contributed by atoms with Crippen molar-refractivity contribution < 1.29 is 9.90 Å². The second kappa shape index (κ2) is 2.69. The molecule has 0 spiro atoms. The number of carbonyl (C=O) groups is 1. The molecule has 0 unspecified atom stereocenters. The average Bonchev–Trinajstić information content (AvgIpc) is 2.34. The lowest BCUT2D eigenvalue weighted by Crippen LogP contribution is -1.86. The minimum absolute atomic E-state index is 0.572. The van der Waals surface area contributed by atoms with E-state index in [9.17, 15) is 4.79 Å². The van der Waals surface area contributed by atoms with Crippen molar-refractivity contribution in [2.75, 3.05) is 0 Å². The average molecular weight is 136 g/mol. The minimum atomic E-state index is -1.14. The number of aromatic nitrogens is 2. The van der Waals surface area contributed by atoms with E-state index in [1.807, 2.05) is 5.92 Å². The van der Waals surface area contributed by atoms with Crippen molar-refractivity contribution in [1.82, 2.24) is 10.2 Å². The van der Waals surface area contributed by atoms with Gasteiger partial charge in [-0.25, -0.2) is 4.79 Å². The van der Waals surface area contributed by atoms with E-state index in [0.717, 1.165) is 0 Å². The van der Waals surface area contributed by atoms with Gasteiger partial charge in [0.05, 0.1) is 11.8 Å². The van der Waals surface area contributed by atoms with Crippen molar-refractivity contribution in [2.24, 2.45) is 0 Å². The molecule has 0 aliphatic heterocycles. The number of nitrogens with one attached hydrogen (secondary N) is 1. The Balaban J connectivity index is 2.75. The number of aromatic amines is 1. The predicted molar refractivity (Wildman–Crippen MR) is 33.1 cm³/mol. The summed E-state index contributed by atoms with van der Waals surface area (Å²) in [5.41, 5.74) is 0.572. The number of H-pyrrole nitrogens is 1. The highest BCUT2D eigenvalue weighted by Gasteiger charge is 1.86. The Bertz CT molecular complexity index is 278. The first-order valence-corrected chi connectivity index (χ1v) is 2.53. The minimum Gasteiger partial charge on any atom is -0.472 e. The maximum atomic E-state index is 9.89. The lowest BCUT2D eigenvalue weighted by molar-refractivity contribution is -0.130. The van der Waals surface area contributed by atoms with Crippen LogP contribution >= 0.6 is 0 Å². The number of carboxylic acid groups (broad SMARTS) is 1. The molecule has 0 aliphatic carbocycles. The molecule has 4 heteroatoms. The number of hydrogen-bond donors (Lipinski definition) is 2. The van der Waals surface area contributed by atoms with Gasteiger partial charge in [-0.3, -0.25) is 5.10 Å². The highest BCUT2D eigenvalue weighted by atomic mass is 16.4. The fourth-order valence-corrected chi connectivity index (χ4v) is 0.445. The smallest absolute Gasteiger partial charge is 0.382 e. The largest absolute Gasteiger partial charge is 0.472 e. The van der Waals surface area contributed by atoms with Crippen LogP contribution in [0.2, 0.25) is 0 Å². The van der Waals surface area contributed by atoms with Gasteiger partial charge in [0.25, 0.3) is 0 Å². The number of aliphatic carboxylic acids is 1. The van der Waals surface area contributed by atoms with Crippen LogP contribution in [0.3, 0.4) is 0 Å². The second-order valence-corrected chi connectivity index (χ2v) is 1.54. The molecule has 0 saturated heterocycles. The van der Waals surface area contributed by atoms with Crippen LogP contribution in [-0.2, 0) is 4.79 Å². The van der Waals surface area contributed by atoms with Crippen molar-refractivity contribution in [3.05, 3.63) is 18.0 Å². The van der Waals surface area contributed by atoms with Gasteiger partial charge >= 0.3 is 5.97 Å². The number of carboxylic acids is 1. The Kier molecular flexibility index (Phi) is 1.71. The molecule has 10 heavy (non-hydrogen) atoms. The topological polar surface area (TPSA) is 66.0 Å². The summed E-state index contributed by atoms with van der Waals surface area (Å²) in [4.78, 5) is 9.89. The predicted octanol–water partition coefficient (Wildman–Crippen LogP) is -0.154. The van der Waals surface area contributed by atoms with Crippen LogP contribution in [0.15, 0.2) is 12.4 Å². The Hall–Kier alpha value is -1.76. The third kappa shape index (κ3) is 1.63. The van der Waals surface area contributed by atoms with Crippen LogP contribution in [0.25, 0.3) is 0 Å². The molecule has 4 nitrogen and oxygen atoms in total. The molecular formula is C6H4N2O2. The maximum Gasteiger partial charge on any atom is 0.382 e. The second-order valence-electron chi connectivity index (χ2n) is 1.54. The quantitative estimate of drug-likeness (QED) is 0.487. The fourth-order valence-electron chi connectivity index (χ4n) is 0.445. The molecule has 0 fully saturated rings. The van der Waals surface area contributed by atoms with Gasteiger partial charge in [-0.1, -0.05) is 5.92 Å². The molecule has 50 valence electrons. The van der Waals surface area contributed by atoms with Crippen molar-refractivity contribution in [3.63, 3.8) is 0 Å². The van der Waals surface area contributed by atoms with Gasteiger partial charge in [0.2, 0.25) is 0 Å². The van der Waals surface area contributed by atoms with Gasteiger partial charge in [0.15, 0.2) is 0 Å². The van der Waals surface area contributed by atoms with E-state index in [1.165, 1.54) is 12.4 Å². The van der Waals surface area contributed by atoms with E-state index >= 15 is 0 Å². The van der Waals surface area contributed by atoms with E-state index in [1.54, 1.807) is 0 Å². The SMILES string of the molecule is O=C(O)C#Cc1cn[nH]c1. The summed E-state index contributed by atoms with van der Waals surface area (Å²) >= 11 is 0. The fraction of sp³-hybridized carbons (Fsp3) is 0. The highest BCUT2D eigenvalue weighted by molar-refractivity contribution is 5.87. The molecule has 1 aromatic rings. The lowest BCUT2D eigenvalue weighted by atomic mass is 10.4. The monoisotopic (exact) mass is 136 g/mol. The molecule has 0 aromatic carbocycles. The number of nitrogens with zero attached hydrogens (tertiary/aromatic N) is 1. The highest BCUT2D eigenvalue weighted by Crippen LogP contribution is 1.87. The van der Waals surface area contributed by atoms with Crippen molar-refractivity contribution >= 4 is 5.97 Å². The van der Waals surface area contributed by atoms with Crippen LogP contribution in [0.5, 0.6) is 0 Å². The van der Waals surface area contributed by atoms with Crippen molar-refractivity contribution in [2.45, 2.75) is 0 Å². The summed E-state index contributed by atoms with van der Waals surface area (Å²) in [7, 11) is 0. The van der Waals surface area contributed by atoms with Crippen LogP contribution in [0, 0.1) is 11.8 Å². The van der Waals surface area contributed by atoms with Crippen LogP contribution in [0.4, 0.5) is 0 Å². The molecule has 0 aliphatic rings. The van der Waals surface area contributed by atoms with Gasteiger partial charge in [-0.2, -0.15) is 5.10 Å². The molecule has 0 bridgehead atoms. The summed E-state index contributed by atoms with van der Waals surface area (Å²) in [5, 5.41) is 14.2. The first kappa shape index (κ1) is 6.36. The molecule has 1 aromatic heterocycles. The molecule has 0 saturated carbocycles. The molecule has 0 atom stereocenters. The molecule has 2 N–H and O–H groups in total. The summed E-state index contributed by atoms with van der Waals surface area (Å²) in [6.45, 7) is 0. The first-order valence-electron chi connectivity index (χ1n) is 2.53. The molecule has 1 rings (SSSR count). The third-order valence-electron chi connectivity index (χ3n) is 0.812. The van der Waals surface area contributed by atoms with E-state index < -0.39 is 5.97 Å². The zero-order valence-corrected chi connectivity index (χ0v) is 4.96. The Morgan fingerprint density at radius 3 is 3.10 bits per heavy atom. The molecule has 0 amide bonds. The van der Waals surface area contributed by atoms with Gasteiger partial charge in [0.1, 0.15) is 0 Å². The van der Waals surface area contributed by atoms with E-state index in [4.69, 9.17) is 5.11 Å². The summed E-state index contributed by atoms with van der Waals surface area (Å²) in [5.74, 6) is 3.20. The Labute approximate surface area is 56.9 Å². The van der Waals surface area contributed by atoms with Crippen LogP contribution in [-0.4, -0.2) is 21.3 Å². The van der Waals surface area contributed by atoms with Crippen molar-refractivity contribution in [3.8, 4) is 11.8 Å². The Morgan fingerprint density at radius 2 is 2.60 bits per heavy atom. The molecule has 0 radical (unpaired) electrons. The third-order valence-corrected chi connectivity index (χ3v) is 0.812. The summed E-state index contributed by atoms with van der Waals surface area (Å²) < 4.78 is 0. The van der Waals surface area contributed by atoms with Crippen LogP contribution in [0.1, 0.15) is 5.56 Å². The standard InChI is InChI=1S/C6H4N2O2/c9-6(10)2-1-5-3-7-8-4-5/h3-4H,(H,7,8)(H,9,10). The van der Waals surface area contributed by atoms with Crippen LogP contribution < -0.4 is 0 Å². The maximum absolute atomic E-state index is 9.89. The number of rotatable bonds is 0. The van der Waals surface area contributed by atoms with E-state index in [-0.39, 0.29) is 0 Å². The zero-order chi connectivity index (χ0) is 7.40.